The van der Waals surface area contributed by atoms with Crippen molar-refractivity contribution in [2.24, 2.45) is 0 Å². The Labute approximate surface area is 51.2 Å². The second-order valence-electron chi connectivity index (χ2n) is 1.64. The van der Waals surface area contributed by atoms with Crippen LogP contribution < -0.4 is 0 Å². The Morgan fingerprint density at radius 3 is 3.33 bits per heavy atom. The standard InChI is InChI=1S/C5H4N4/c1-2-9-5(7-1)3-6-4-8-9/h1-4H. The van der Waals surface area contributed by atoms with Gasteiger partial charge < -0.3 is 0 Å². The van der Waals surface area contributed by atoms with E-state index in [1.165, 1.54) is 6.33 Å². The SMILES string of the molecule is c1cn2ncncc2n1. The van der Waals surface area contributed by atoms with Crippen molar-refractivity contribution in [3.8, 4) is 0 Å². The van der Waals surface area contributed by atoms with Gasteiger partial charge in [0.25, 0.3) is 0 Å². The lowest BCUT2D eigenvalue weighted by Gasteiger charge is -1.84. The van der Waals surface area contributed by atoms with Gasteiger partial charge in [-0.25, -0.2) is 14.5 Å². The van der Waals surface area contributed by atoms with Crippen molar-refractivity contribution >= 4 is 5.65 Å². The molecule has 0 radical (unpaired) electrons. The number of aromatic nitrogens is 4. The van der Waals surface area contributed by atoms with E-state index in [0.29, 0.717) is 0 Å². The fraction of sp³-hybridized carbons (Fsp3) is 0. The Morgan fingerprint density at radius 2 is 2.44 bits per heavy atom. The summed E-state index contributed by atoms with van der Waals surface area (Å²) in [4.78, 5) is 7.75. The molecule has 0 aliphatic rings. The number of imidazole rings is 1. The molecule has 2 heterocycles. The van der Waals surface area contributed by atoms with Crippen molar-refractivity contribution in [1.29, 1.82) is 0 Å². The minimum Gasteiger partial charge on any atom is -0.239 e. The van der Waals surface area contributed by atoms with Crippen LogP contribution in [-0.2, 0) is 0 Å². The van der Waals surface area contributed by atoms with Gasteiger partial charge in [0.2, 0.25) is 0 Å². The highest BCUT2D eigenvalue weighted by molar-refractivity contribution is 5.31. The molecule has 0 aliphatic carbocycles. The summed E-state index contributed by atoms with van der Waals surface area (Å²) in [5, 5.41) is 3.88. The molecule has 0 unspecified atom stereocenters. The molecule has 2 aromatic heterocycles. The molecule has 2 aromatic rings. The van der Waals surface area contributed by atoms with Gasteiger partial charge in [0, 0.05) is 12.4 Å². The van der Waals surface area contributed by atoms with Crippen molar-refractivity contribution in [2.45, 2.75) is 0 Å². The maximum Gasteiger partial charge on any atom is 0.171 e. The van der Waals surface area contributed by atoms with Crippen molar-refractivity contribution in [2.75, 3.05) is 0 Å². The topological polar surface area (TPSA) is 43.1 Å². The van der Waals surface area contributed by atoms with Crippen molar-refractivity contribution in [3.63, 3.8) is 0 Å². The molecule has 0 spiro atoms. The van der Waals surface area contributed by atoms with E-state index >= 15 is 0 Å². The lowest BCUT2D eigenvalue weighted by Crippen LogP contribution is -1.88. The first-order valence-electron chi connectivity index (χ1n) is 2.56. The molecule has 0 saturated carbocycles. The molecule has 0 aliphatic heterocycles. The van der Waals surface area contributed by atoms with Gasteiger partial charge in [-0.15, -0.1) is 0 Å². The summed E-state index contributed by atoms with van der Waals surface area (Å²) in [5.41, 5.74) is 0.775. The van der Waals surface area contributed by atoms with E-state index in [1.807, 2.05) is 0 Å². The van der Waals surface area contributed by atoms with Crippen molar-refractivity contribution < 1.29 is 0 Å². The van der Waals surface area contributed by atoms with Gasteiger partial charge in [0.15, 0.2) is 5.65 Å². The van der Waals surface area contributed by atoms with Crippen LogP contribution >= 0.6 is 0 Å². The van der Waals surface area contributed by atoms with E-state index in [0.717, 1.165) is 5.65 Å². The van der Waals surface area contributed by atoms with E-state index < -0.39 is 0 Å². The second kappa shape index (κ2) is 1.51. The van der Waals surface area contributed by atoms with Gasteiger partial charge in [0.05, 0.1) is 6.20 Å². The molecular formula is C5H4N4. The zero-order chi connectivity index (χ0) is 6.10. The van der Waals surface area contributed by atoms with Gasteiger partial charge >= 0.3 is 0 Å². The highest BCUT2D eigenvalue weighted by atomic mass is 15.3. The van der Waals surface area contributed by atoms with Crippen LogP contribution in [0.3, 0.4) is 0 Å². The minimum absolute atomic E-state index is 0.775. The molecule has 0 fully saturated rings. The molecule has 0 N–H and O–H groups in total. The molecule has 0 saturated heterocycles. The molecular weight excluding hydrogens is 116 g/mol. The predicted molar refractivity (Wildman–Crippen MR) is 30.8 cm³/mol. The van der Waals surface area contributed by atoms with Crippen LogP contribution in [-0.4, -0.2) is 19.6 Å². The van der Waals surface area contributed by atoms with Crippen LogP contribution in [0.4, 0.5) is 0 Å². The van der Waals surface area contributed by atoms with E-state index in [1.54, 1.807) is 23.1 Å². The summed E-state index contributed by atoms with van der Waals surface area (Å²) in [5.74, 6) is 0. The van der Waals surface area contributed by atoms with E-state index in [2.05, 4.69) is 15.1 Å². The van der Waals surface area contributed by atoms with Crippen LogP contribution in [0, 0.1) is 0 Å². The molecule has 4 nitrogen and oxygen atoms in total. The average Bonchev–Trinajstić information content (AvgIpc) is 2.33. The number of fused-ring (bicyclic) bond motifs is 1. The average molecular weight is 120 g/mol. The quantitative estimate of drug-likeness (QED) is 0.496. The van der Waals surface area contributed by atoms with E-state index in [9.17, 15) is 0 Å². The van der Waals surface area contributed by atoms with Crippen LogP contribution in [0.5, 0.6) is 0 Å². The fourth-order valence-electron chi connectivity index (χ4n) is 0.684. The Bertz CT molecular complexity index is 283. The van der Waals surface area contributed by atoms with Gasteiger partial charge in [-0.2, -0.15) is 5.10 Å². The number of hydrogen-bond acceptors (Lipinski definition) is 3. The number of nitrogens with zero attached hydrogens (tertiary/aromatic N) is 4. The molecule has 4 heteroatoms. The summed E-state index contributed by atoms with van der Waals surface area (Å²) >= 11 is 0. The third-order valence-electron chi connectivity index (χ3n) is 1.08. The summed E-state index contributed by atoms with van der Waals surface area (Å²) in [7, 11) is 0. The molecule has 44 valence electrons. The first kappa shape index (κ1) is 4.43. The third kappa shape index (κ3) is 0.561. The summed E-state index contributed by atoms with van der Waals surface area (Å²) in [6.45, 7) is 0. The van der Waals surface area contributed by atoms with Crippen LogP contribution in [0.15, 0.2) is 24.9 Å². The van der Waals surface area contributed by atoms with Gasteiger partial charge in [-0.05, 0) is 0 Å². The Morgan fingerprint density at radius 1 is 1.44 bits per heavy atom. The summed E-state index contributed by atoms with van der Waals surface area (Å²) < 4.78 is 1.66. The third-order valence-corrected chi connectivity index (χ3v) is 1.08. The molecule has 9 heavy (non-hydrogen) atoms. The van der Waals surface area contributed by atoms with Crippen molar-refractivity contribution in [3.05, 3.63) is 24.9 Å². The monoisotopic (exact) mass is 120 g/mol. The lowest BCUT2D eigenvalue weighted by atomic mass is 10.8. The molecule has 0 bridgehead atoms. The first-order valence-corrected chi connectivity index (χ1v) is 2.56. The summed E-state index contributed by atoms with van der Waals surface area (Å²) in [6, 6.07) is 0. The number of hydrogen-bond donors (Lipinski definition) is 0. The van der Waals surface area contributed by atoms with Crippen molar-refractivity contribution in [1.82, 2.24) is 19.6 Å². The fourth-order valence-corrected chi connectivity index (χ4v) is 0.684. The van der Waals surface area contributed by atoms with Gasteiger partial charge in [-0.1, -0.05) is 0 Å². The van der Waals surface area contributed by atoms with Crippen LogP contribution in [0.25, 0.3) is 5.65 Å². The van der Waals surface area contributed by atoms with Crippen LogP contribution in [0.1, 0.15) is 0 Å². The minimum atomic E-state index is 0.775. The molecule has 2 rings (SSSR count). The van der Waals surface area contributed by atoms with E-state index in [-0.39, 0.29) is 0 Å². The number of rotatable bonds is 0. The lowest BCUT2D eigenvalue weighted by molar-refractivity contribution is 0.897. The molecule has 0 aromatic carbocycles. The highest BCUT2D eigenvalue weighted by Crippen LogP contribution is 1.90. The Hall–Kier alpha value is -1.45. The largest absolute Gasteiger partial charge is 0.239 e. The second-order valence-corrected chi connectivity index (χ2v) is 1.64. The first-order chi connectivity index (χ1) is 4.47. The Kier molecular flexibility index (Phi) is 0.745. The normalized spacial score (nSPS) is 10.2. The van der Waals surface area contributed by atoms with E-state index in [4.69, 9.17) is 0 Å². The maximum atomic E-state index is 3.96. The highest BCUT2D eigenvalue weighted by Gasteiger charge is 1.87. The zero-order valence-electron chi connectivity index (χ0n) is 4.60. The Balaban J connectivity index is 2.95. The van der Waals surface area contributed by atoms with Gasteiger partial charge in [0.1, 0.15) is 6.33 Å². The maximum absolute atomic E-state index is 3.96. The zero-order valence-corrected chi connectivity index (χ0v) is 4.60. The predicted octanol–water partition coefficient (Wildman–Crippen LogP) is 0.124. The molecule has 0 atom stereocenters. The van der Waals surface area contributed by atoms with Gasteiger partial charge in [-0.3, -0.25) is 0 Å². The van der Waals surface area contributed by atoms with Crippen LogP contribution in [0.2, 0.25) is 0 Å². The summed E-state index contributed by atoms with van der Waals surface area (Å²) in [6.07, 6.45) is 6.60. The molecule has 0 amide bonds. The smallest absolute Gasteiger partial charge is 0.171 e.